The molecule has 7 N–H and O–H groups in total. The molecule has 0 aromatic heterocycles. The van der Waals surface area contributed by atoms with Crippen molar-refractivity contribution in [1.82, 2.24) is 0 Å². The molecule has 0 spiro atoms. The number of hydrogen-bond acceptors (Lipinski definition) is 11. The SMILES string of the molecule is CC1OC(OC2C(=O)c3c(O)cc(O)cc3OC2c2cc(O)ccc2O)C(O)C(O)C1O. The van der Waals surface area contributed by atoms with Crippen molar-refractivity contribution < 1.29 is 54.8 Å². The lowest BCUT2D eigenvalue weighted by Crippen LogP contribution is -2.59. The van der Waals surface area contributed by atoms with Gasteiger partial charge in [0.25, 0.3) is 0 Å². The maximum Gasteiger partial charge on any atom is 0.203 e. The molecule has 1 fully saturated rings. The van der Waals surface area contributed by atoms with Crippen LogP contribution in [0, 0.1) is 0 Å². The summed E-state index contributed by atoms with van der Waals surface area (Å²) in [4.78, 5) is 13.3. The standard InChI is InChI=1S/C21H22O11/c1-7-15(26)17(28)18(29)21(30-7)32-20-16(27)14-12(25)5-9(23)6-13(14)31-19(20)10-4-8(22)2-3-11(10)24/h2-7,15,17-26,28-29H,1H3. The number of aliphatic hydroxyl groups is 3. The third-order valence-corrected chi connectivity index (χ3v) is 5.51. The molecule has 7 unspecified atom stereocenters. The van der Waals surface area contributed by atoms with Gasteiger partial charge in [0.15, 0.2) is 18.5 Å². The molecule has 0 amide bonds. The molecule has 0 radical (unpaired) electrons. The van der Waals surface area contributed by atoms with Crippen molar-refractivity contribution in [3.63, 3.8) is 0 Å². The molecular weight excluding hydrogens is 428 g/mol. The molecule has 1 saturated heterocycles. The van der Waals surface area contributed by atoms with Crippen molar-refractivity contribution in [2.45, 2.75) is 49.8 Å². The van der Waals surface area contributed by atoms with Crippen LogP contribution in [0.2, 0.25) is 0 Å². The molecule has 2 aromatic rings. The zero-order valence-corrected chi connectivity index (χ0v) is 16.7. The first-order chi connectivity index (χ1) is 15.1. The third-order valence-electron chi connectivity index (χ3n) is 5.51. The Kier molecular flexibility index (Phi) is 5.61. The minimum Gasteiger partial charge on any atom is -0.508 e. The molecule has 2 heterocycles. The third kappa shape index (κ3) is 3.70. The van der Waals surface area contributed by atoms with Crippen LogP contribution in [0.1, 0.15) is 28.9 Å². The van der Waals surface area contributed by atoms with Gasteiger partial charge in [0.2, 0.25) is 5.78 Å². The van der Waals surface area contributed by atoms with Gasteiger partial charge in [-0.1, -0.05) is 0 Å². The Morgan fingerprint density at radius 1 is 0.875 bits per heavy atom. The molecule has 172 valence electrons. The highest BCUT2D eigenvalue weighted by atomic mass is 16.7. The maximum absolute atomic E-state index is 13.3. The zero-order valence-electron chi connectivity index (χ0n) is 16.7. The van der Waals surface area contributed by atoms with E-state index in [-0.39, 0.29) is 34.1 Å². The molecule has 0 saturated carbocycles. The molecule has 11 nitrogen and oxygen atoms in total. The second-order valence-corrected chi connectivity index (χ2v) is 7.72. The summed E-state index contributed by atoms with van der Waals surface area (Å²) in [5.74, 6) is -2.61. The summed E-state index contributed by atoms with van der Waals surface area (Å²) in [6, 6.07) is 5.52. The molecule has 4 rings (SSSR count). The largest absolute Gasteiger partial charge is 0.508 e. The average Bonchev–Trinajstić information content (AvgIpc) is 2.73. The van der Waals surface area contributed by atoms with Gasteiger partial charge in [-0.3, -0.25) is 4.79 Å². The number of aromatic hydroxyl groups is 4. The molecule has 7 atom stereocenters. The summed E-state index contributed by atoms with van der Waals surface area (Å²) in [5, 5.41) is 70.4. The summed E-state index contributed by atoms with van der Waals surface area (Å²) in [7, 11) is 0. The number of fused-ring (bicyclic) bond motifs is 1. The maximum atomic E-state index is 13.3. The number of aliphatic hydroxyl groups excluding tert-OH is 3. The van der Waals surface area contributed by atoms with Gasteiger partial charge in [-0.2, -0.15) is 0 Å². The van der Waals surface area contributed by atoms with Gasteiger partial charge in [0.1, 0.15) is 52.6 Å². The monoisotopic (exact) mass is 450 g/mol. The van der Waals surface area contributed by atoms with Crippen LogP contribution in [0.15, 0.2) is 30.3 Å². The molecule has 0 aliphatic carbocycles. The van der Waals surface area contributed by atoms with E-state index in [0.29, 0.717) is 0 Å². The Hall–Kier alpha value is -3.09. The van der Waals surface area contributed by atoms with Crippen molar-refractivity contribution in [2.24, 2.45) is 0 Å². The fourth-order valence-electron chi connectivity index (χ4n) is 3.81. The number of hydrogen-bond donors (Lipinski definition) is 7. The van der Waals surface area contributed by atoms with Crippen LogP contribution < -0.4 is 4.74 Å². The Balaban J connectivity index is 1.77. The van der Waals surface area contributed by atoms with Crippen molar-refractivity contribution in [1.29, 1.82) is 0 Å². The van der Waals surface area contributed by atoms with Gasteiger partial charge in [0, 0.05) is 17.7 Å². The van der Waals surface area contributed by atoms with E-state index in [2.05, 4.69) is 0 Å². The Morgan fingerprint density at radius 2 is 1.59 bits per heavy atom. The summed E-state index contributed by atoms with van der Waals surface area (Å²) in [6.07, 6.45) is -10.3. The Morgan fingerprint density at radius 3 is 2.31 bits per heavy atom. The lowest BCUT2D eigenvalue weighted by Gasteiger charge is -2.42. The summed E-state index contributed by atoms with van der Waals surface area (Å²) in [5.41, 5.74) is -0.376. The quantitative estimate of drug-likeness (QED) is 0.313. The first-order valence-electron chi connectivity index (χ1n) is 9.72. The van der Waals surface area contributed by atoms with Crippen LogP contribution >= 0.6 is 0 Å². The predicted octanol–water partition coefficient (Wildman–Crippen LogP) is 0.0381. The topological polar surface area (TPSA) is 186 Å². The second-order valence-electron chi connectivity index (χ2n) is 7.72. The second kappa shape index (κ2) is 8.11. The lowest BCUT2D eigenvalue weighted by atomic mass is 9.91. The van der Waals surface area contributed by atoms with Gasteiger partial charge in [0.05, 0.1) is 6.10 Å². The fraction of sp³-hybridized carbons (Fsp3) is 0.381. The number of Topliss-reactive ketones (excluding diaryl/α,β-unsaturated/α-hetero) is 1. The van der Waals surface area contributed by atoms with Crippen molar-refractivity contribution in [3.05, 3.63) is 41.5 Å². The number of rotatable bonds is 3. The molecule has 2 aromatic carbocycles. The number of benzene rings is 2. The highest BCUT2D eigenvalue weighted by molar-refractivity contribution is 6.05. The summed E-state index contributed by atoms with van der Waals surface area (Å²) >= 11 is 0. The van der Waals surface area contributed by atoms with E-state index in [9.17, 15) is 40.5 Å². The fourth-order valence-corrected chi connectivity index (χ4v) is 3.81. The number of ketones is 1. The lowest BCUT2D eigenvalue weighted by molar-refractivity contribution is -0.304. The van der Waals surface area contributed by atoms with Crippen LogP contribution in [0.5, 0.6) is 28.7 Å². The predicted molar refractivity (Wildman–Crippen MR) is 104 cm³/mol. The first-order valence-corrected chi connectivity index (χ1v) is 9.72. The van der Waals surface area contributed by atoms with Gasteiger partial charge in [-0.05, 0) is 25.1 Å². The number of carbonyl (C=O) groups is 1. The van der Waals surface area contributed by atoms with E-state index >= 15 is 0 Å². The normalized spacial score (nSPS) is 32.2. The molecule has 2 aliphatic heterocycles. The Labute approximate surface area is 181 Å². The van der Waals surface area contributed by atoms with Gasteiger partial charge >= 0.3 is 0 Å². The molecule has 32 heavy (non-hydrogen) atoms. The van der Waals surface area contributed by atoms with E-state index in [0.717, 1.165) is 18.2 Å². The minimum absolute atomic E-state index is 0.0595. The average molecular weight is 450 g/mol. The van der Waals surface area contributed by atoms with Crippen LogP contribution in [-0.4, -0.2) is 78.3 Å². The molecular formula is C21H22O11. The van der Waals surface area contributed by atoms with E-state index in [4.69, 9.17) is 14.2 Å². The molecule has 11 heteroatoms. The van der Waals surface area contributed by atoms with Crippen LogP contribution in [0.25, 0.3) is 0 Å². The molecule has 2 aliphatic rings. The summed E-state index contributed by atoms with van der Waals surface area (Å²) < 4.78 is 16.8. The van der Waals surface area contributed by atoms with Crippen LogP contribution in [0.4, 0.5) is 0 Å². The summed E-state index contributed by atoms with van der Waals surface area (Å²) in [6.45, 7) is 1.43. The van der Waals surface area contributed by atoms with Crippen LogP contribution in [-0.2, 0) is 9.47 Å². The van der Waals surface area contributed by atoms with Crippen molar-refractivity contribution in [3.8, 4) is 28.7 Å². The van der Waals surface area contributed by atoms with Crippen molar-refractivity contribution in [2.75, 3.05) is 0 Å². The number of phenolic OH excluding ortho intramolecular Hbond substituents is 4. The van der Waals surface area contributed by atoms with E-state index in [1.807, 2.05) is 0 Å². The molecule has 0 bridgehead atoms. The van der Waals surface area contributed by atoms with Crippen LogP contribution in [0.3, 0.4) is 0 Å². The number of phenols is 4. The Bertz CT molecular complexity index is 1040. The number of carbonyl (C=O) groups excluding carboxylic acids is 1. The van der Waals surface area contributed by atoms with Gasteiger partial charge in [-0.25, -0.2) is 0 Å². The minimum atomic E-state index is -1.73. The van der Waals surface area contributed by atoms with E-state index in [1.54, 1.807) is 0 Å². The smallest absolute Gasteiger partial charge is 0.203 e. The van der Waals surface area contributed by atoms with Crippen molar-refractivity contribution >= 4 is 5.78 Å². The van der Waals surface area contributed by atoms with Gasteiger partial charge < -0.3 is 50.0 Å². The highest BCUT2D eigenvalue weighted by Crippen LogP contribution is 2.45. The first kappa shape index (κ1) is 22.1. The number of ether oxygens (including phenoxy) is 3. The highest BCUT2D eigenvalue weighted by Gasteiger charge is 2.48. The zero-order chi connectivity index (χ0) is 23.3. The van der Waals surface area contributed by atoms with E-state index in [1.165, 1.54) is 19.1 Å². The van der Waals surface area contributed by atoms with Gasteiger partial charge in [-0.15, -0.1) is 0 Å². The van der Waals surface area contributed by atoms with E-state index < -0.39 is 54.4 Å².